The Kier molecular flexibility index (Phi) is 3.54. The Balaban J connectivity index is 1.59. The molecular formula is C14H15N3O3. The average Bonchev–Trinajstić information content (AvgIpc) is 3.00. The molecule has 0 spiro atoms. The van der Waals surface area contributed by atoms with Gasteiger partial charge >= 0.3 is 0 Å². The molecule has 2 N–H and O–H groups in total. The van der Waals surface area contributed by atoms with Crippen LogP contribution in [0.4, 0.5) is 0 Å². The second kappa shape index (κ2) is 5.64. The van der Waals surface area contributed by atoms with Crippen molar-refractivity contribution in [1.82, 2.24) is 15.3 Å². The highest BCUT2D eigenvalue weighted by Crippen LogP contribution is 2.30. The third kappa shape index (κ3) is 2.74. The van der Waals surface area contributed by atoms with Crippen LogP contribution in [0.2, 0.25) is 0 Å². The number of nitrogens with one attached hydrogen (secondary N) is 2. The van der Waals surface area contributed by atoms with Gasteiger partial charge in [0.25, 0.3) is 5.91 Å². The smallest absolute Gasteiger partial charge is 0.251 e. The summed E-state index contributed by atoms with van der Waals surface area (Å²) in [6, 6.07) is 5.21. The Morgan fingerprint density at radius 1 is 1.30 bits per heavy atom. The Morgan fingerprint density at radius 3 is 2.95 bits per heavy atom. The summed E-state index contributed by atoms with van der Waals surface area (Å²) in [5.74, 6) is 1.18. The predicted molar refractivity (Wildman–Crippen MR) is 72.1 cm³/mol. The molecule has 2 heterocycles. The summed E-state index contributed by atoms with van der Waals surface area (Å²) in [5, 5.41) is 2.86. The molecule has 0 saturated heterocycles. The maximum absolute atomic E-state index is 12.0. The zero-order valence-electron chi connectivity index (χ0n) is 10.9. The number of ether oxygens (including phenoxy) is 2. The van der Waals surface area contributed by atoms with Crippen molar-refractivity contribution in [3.05, 3.63) is 42.0 Å². The monoisotopic (exact) mass is 273 g/mol. The lowest BCUT2D eigenvalue weighted by Gasteiger charge is -2.18. The second-order valence-electron chi connectivity index (χ2n) is 4.44. The van der Waals surface area contributed by atoms with E-state index in [1.165, 1.54) is 0 Å². The van der Waals surface area contributed by atoms with Crippen LogP contribution in [-0.2, 0) is 6.42 Å². The summed E-state index contributed by atoms with van der Waals surface area (Å²) >= 11 is 0. The van der Waals surface area contributed by atoms with Gasteiger partial charge in [-0.3, -0.25) is 4.79 Å². The molecular weight excluding hydrogens is 258 g/mol. The van der Waals surface area contributed by atoms with Crippen molar-refractivity contribution < 1.29 is 14.3 Å². The Labute approximate surface area is 116 Å². The summed E-state index contributed by atoms with van der Waals surface area (Å²) in [7, 11) is 0. The number of amides is 1. The molecule has 1 aromatic heterocycles. The first kappa shape index (κ1) is 12.5. The predicted octanol–water partition coefficient (Wildman–Crippen LogP) is 1.15. The van der Waals surface area contributed by atoms with E-state index in [0.29, 0.717) is 36.8 Å². The minimum Gasteiger partial charge on any atom is -0.486 e. The maximum atomic E-state index is 12.0. The van der Waals surface area contributed by atoms with E-state index in [-0.39, 0.29) is 5.91 Å². The van der Waals surface area contributed by atoms with Gasteiger partial charge in [0.2, 0.25) is 0 Å². The number of imidazole rings is 1. The molecule has 3 rings (SSSR count). The largest absolute Gasteiger partial charge is 0.486 e. The van der Waals surface area contributed by atoms with Gasteiger partial charge in [0.1, 0.15) is 13.2 Å². The van der Waals surface area contributed by atoms with Crippen molar-refractivity contribution in [2.24, 2.45) is 0 Å². The Hall–Kier alpha value is -2.50. The first-order chi connectivity index (χ1) is 9.83. The topological polar surface area (TPSA) is 76.2 Å². The normalized spacial score (nSPS) is 13.0. The highest BCUT2D eigenvalue weighted by molar-refractivity contribution is 5.94. The number of H-pyrrole nitrogens is 1. The SMILES string of the molecule is O=C(NCCc1cnc[nH]1)c1ccc2c(c1)OCCO2. The van der Waals surface area contributed by atoms with Crippen LogP contribution >= 0.6 is 0 Å². The fourth-order valence-electron chi connectivity index (χ4n) is 2.02. The van der Waals surface area contributed by atoms with E-state index in [0.717, 1.165) is 12.1 Å². The van der Waals surface area contributed by atoms with E-state index in [1.807, 2.05) is 0 Å². The van der Waals surface area contributed by atoms with Gasteiger partial charge < -0.3 is 19.8 Å². The molecule has 0 bridgehead atoms. The summed E-state index contributed by atoms with van der Waals surface area (Å²) < 4.78 is 10.9. The van der Waals surface area contributed by atoms with Crippen LogP contribution in [0.5, 0.6) is 11.5 Å². The zero-order valence-corrected chi connectivity index (χ0v) is 10.9. The number of aromatic amines is 1. The minimum absolute atomic E-state index is 0.124. The van der Waals surface area contributed by atoms with Crippen LogP contribution in [0.15, 0.2) is 30.7 Å². The van der Waals surface area contributed by atoms with Crippen molar-refractivity contribution in [3.8, 4) is 11.5 Å². The lowest BCUT2D eigenvalue weighted by atomic mass is 10.2. The van der Waals surface area contributed by atoms with Crippen molar-refractivity contribution in [2.75, 3.05) is 19.8 Å². The molecule has 0 radical (unpaired) electrons. The molecule has 0 unspecified atom stereocenters. The lowest BCUT2D eigenvalue weighted by Crippen LogP contribution is -2.26. The third-order valence-electron chi connectivity index (χ3n) is 3.04. The van der Waals surface area contributed by atoms with Gasteiger partial charge in [-0.05, 0) is 18.2 Å². The molecule has 20 heavy (non-hydrogen) atoms. The minimum atomic E-state index is -0.124. The van der Waals surface area contributed by atoms with Crippen LogP contribution < -0.4 is 14.8 Å². The number of carbonyl (C=O) groups excluding carboxylic acids is 1. The molecule has 6 nitrogen and oxygen atoms in total. The van der Waals surface area contributed by atoms with Gasteiger partial charge in [-0.1, -0.05) is 0 Å². The van der Waals surface area contributed by atoms with Gasteiger partial charge in [0.05, 0.1) is 6.33 Å². The number of aromatic nitrogens is 2. The van der Waals surface area contributed by atoms with Gasteiger partial charge in [-0.25, -0.2) is 4.98 Å². The molecule has 1 aliphatic rings. The number of fused-ring (bicyclic) bond motifs is 1. The standard InChI is InChI=1S/C14H15N3O3/c18-14(16-4-3-11-8-15-9-17-11)10-1-2-12-13(7-10)20-6-5-19-12/h1-2,7-9H,3-6H2,(H,15,17)(H,16,18). The molecule has 0 atom stereocenters. The van der Waals surface area contributed by atoms with E-state index < -0.39 is 0 Å². The number of hydrogen-bond donors (Lipinski definition) is 2. The highest BCUT2D eigenvalue weighted by Gasteiger charge is 2.14. The van der Waals surface area contributed by atoms with Gasteiger partial charge in [-0.2, -0.15) is 0 Å². The van der Waals surface area contributed by atoms with Crippen LogP contribution in [0, 0.1) is 0 Å². The summed E-state index contributed by atoms with van der Waals surface area (Å²) in [5.41, 5.74) is 1.56. The summed E-state index contributed by atoms with van der Waals surface area (Å²) in [6.07, 6.45) is 4.09. The van der Waals surface area contributed by atoms with E-state index >= 15 is 0 Å². The van der Waals surface area contributed by atoms with Crippen LogP contribution in [0.1, 0.15) is 16.1 Å². The lowest BCUT2D eigenvalue weighted by molar-refractivity contribution is 0.0953. The van der Waals surface area contributed by atoms with E-state index in [1.54, 1.807) is 30.7 Å². The van der Waals surface area contributed by atoms with E-state index in [9.17, 15) is 4.79 Å². The van der Waals surface area contributed by atoms with E-state index in [4.69, 9.17) is 9.47 Å². The molecule has 1 aromatic carbocycles. The fraction of sp³-hybridized carbons (Fsp3) is 0.286. The fourth-order valence-corrected chi connectivity index (χ4v) is 2.02. The average molecular weight is 273 g/mol. The third-order valence-corrected chi connectivity index (χ3v) is 3.04. The van der Waals surface area contributed by atoms with Crippen molar-refractivity contribution >= 4 is 5.91 Å². The second-order valence-corrected chi connectivity index (χ2v) is 4.44. The number of nitrogens with zero attached hydrogens (tertiary/aromatic N) is 1. The molecule has 1 aliphatic heterocycles. The summed E-state index contributed by atoms with van der Waals surface area (Å²) in [4.78, 5) is 18.9. The number of benzene rings is 1. The van der Waals surface area contributed by atoms with Gasteiger partial charge in [0.15, 0.2) is 11.5 Å². The molecule has 0 fully saturated rings. The van der Waals surface area contributed by atoms with E-state index in [2.05, 4.69) is 15.3 Å². The zero-order chi connectivity index (χ0) is 13.8. The number of hydrogen-bond acceptors (Lipinski definition) is 4. The van der Waals surface area contributed by atoms with Gasteiger partial charge in [0, 0.05) is 30.4 Å². The quantitative estimate of drug-likeness (QED) is 0.876. The first-order valence-corrected chi connectivity index (χ1v) is 6.48. The summed E-state index contributed by atoms with van der Waals surface area (Å²) in [6.45, 7) is 1.61. The number of rotatable bonds is 4. The maximum Gasteiger partial charge on any atom is 0.251 e. The molecule has 1 amide bonds. The molecule has 0 saturated carbocycles. The number of carbonyl (C=O) groups is 1. The molecule has 0 aliphatic carbocycles. The molecule has 2 aromatic rings. The van der Waals surface area contributed by atoms with Crippen molar-refractivity contribution in [3.63, 3.8) is 0 Å². The Bertz CT molecular complexity index is 596. The molecule has 104 valence electrons. The van der Waals surface area contributed by atoms with Crippen molar-refractivity contribution in [2.45, 2.75) is 6.42 Å². The Morgan fingerprint density at radius 2 is 2.15 bits per heavy atom. The highest BCUT2D eigenvalue weighted by atomic mass is 16.6. The first-order valence-electron chi connectivity index (χ1n) is 6.48. The van der Waals surface area contributed by atoms with Gasteiger partial charge in [-0.15, -0.1) is 0 Å². The van der Waals surface area contributed by atoms with Crippen LogP contribution in [-0.4, -0.2) is 35.6 Å². The molecule has 6 heteroatoms. The van der Waals surface area contributed by atoms with Crippen molar-refractivity contribution in [1.29, 1.82) is 0 Å². The van der Waals surface area contributed by atoms with Crippen LogP contribution in [0.3, 0.4) is 0 Å². The van der Waals surface area contributed by atoms with Crippen LogP contribution in [0.25, 0.3) is 0 Å².